The highest BCUT2D eigenvalue weighted by Gasteiger charge is 2.27. The molecule has 2 rings (SSSR count). The third kappa shape index (κ3) is 3.11. The molecule has 0 saturated carbocycles. The topological polar surface area (TPSA) is 55.6 Å². The van der Waals surface area contributed by atoms with Crippen molar-refractivity contribution in [3.05, 3.63) is 34.9 Å². The van der Waals surface area contributed by atoms with Crippen molar-refractivity contribution in [2.75, 3.05) is 19.7 Å². The van der Waals surface area contributed by atoms with E-state index in [9.17, 15) is 4.79 Å². The zero-order valence-electron chi connectivity index (χ0n) is 11.2. The summed E-state index contributed by atoms with van der Waals surface area (Å²) in [7, 11) is 0. The van der Waals surface area contributed by atoms with Crippen LogP contribution in [0.25, 0.3) is 0 Å². The lowest BCUT2D eigenvalue weighted by Gasteiger charge is -2.32. The van der Waals surface area contributed by atoms with Crippen LogP contribution in [-0.4, -0.2) is 41.6 Å². The Morgan fingerprint density at radius 3 is 2.84 bits per heavy atom. The Bertz CT molecular complexity index is 516. The second-order valence-corrected chi connectivity index (χ2v) is 5.30. The van der Waals surface area contributed by atoms with Crippen molar-refractivity contribution in [3.8, 4) is 0 Å². The molecule has 4 nitrogen and oxygen atoms in total. The lowest BCUT2D eigenvalue weighted by Crippen LogP contribution is -2.50. The number of carbonyl (C=O) groups is 1. The van der Waals surface area contributed by atoms with Crippen molar-refractivity contribution in [1.29, 1.82) is 0 Å². The normalized spacial score (nSPS) is 19.3. The number of hydrogen-bond acceptors (Lipinski definition) is 3. The van der Waals surface area contributed by atoms with Crippen LogP contribution in [0.2, 0.25) is 0 Å². The van der Waals surface area contributed by atoms with E-state index >= 15 is 0 Å². The van der Waals surface area contributed by atoms with Gasteiger partial charge >= 0.3 is 0 Å². The molecular weight excluding hydrogens is 260 g/mol. The van der Waals surface area contributed by atoms with Crippen LogP contribution in [0.5, 0.6) is 0 Å². The Morgan fingerprint density at radius 1 is 1.47 bits per heavy atom. The Kier molecular flexibility index (Phi) is 4.17. The van der Waals surface area contributed by atoms with Gasteiger partial charge in [0, 0.05) is 12.1 Å². The highest BCUT2D eigenvalue weighted by molar-refractivity contribution is 7.80. The summed E-state index contributed by atoms with van der Waals surface area (Å²) < 4.78 is 5.44. The molecule has 0 aromatic heterocycles. The Morgan fingerprint density at radius 2 is 2.21 bits per heavy atom. The molecule has 1 saturated heterocycles. The van der Waals surface area contributed by atoms with E-state index in [1.165, 1.54) is 0 Å². The number of thiocarbonyl (C=S) groups is 1. The van der Waals surface area contributed by atoms with Gasteiger partial charge in [-0.05, 0) is 25.5 Å². The molecule has 1 fully saturated rings. The van der Waals surface area contributed by atoms with Crippen LogP contribution in [0.15, 0.2) is 18.2 Å². The van der Waals surface area contributed by atoms with Crippen LogP contribution >= 0.6 is 12.2 Å². The van der Waals surface area contributed by atoms with Crippen molar-refractivity contribution in [1.82, 2.24) is 4.90 Å². The third-order valence-corrected chi connectivity index (χ3v) is 3.55. The van der Waals surface area contributed by atoms with Gasteiger partial charge in [0.15, 0.2) is 0 Å². The summed E-state index contributed by atoms with van der Waals surface area (Å²) in [5.41, 5.74) is 8.46. The number of nitrogens with zero attached hydrogens (tertiary/aromatic N) is 1. The Hall–Kier alpha value is -1.46. The molecule has 19 heavy (non-hydrogen) atoms. The number of carbonyl (C=O) groups excluding carboxylic acids is 1. The van der Waals surface area contributed by atoms with E-state index in [1.54, 1.807) is 4.90 Å². The average molecular weight is 278 g/mol. The van der Waals surface area contributed by atoms with Gasteiger partial charge in [0.1, 0.15) is 11.1 Å². The number of hydrogen-bond donors (Lipinski definition) is 1. The van der Waals surface area contributed by atoms with E-state index < -0.39 is 0 Å². The molecule has 102 valence electrons. The minimum atomic E-state index is -0.335. The molecule has 2 N–H and O–H groups in total. The maximum atomic E-state index is 12.5. The van der Waals surface area contributed by atoms with E-state index in [0.717, 1.165) is 16.7 Å². The van der Waals surface area contributed by atoms with E-state index in [1.807, 2.05) is 32.0 Å². The molecule has 1 aliphatic rings. The zero-order chi connectivity index (χ0) is 14.0. The van der Waals surface area contributed by atoms with E-state index in [2.05, 4.69) is 0 Å². The fourth-order valence-electron chi connectivity index (χ4n) is 2.23. The second-order valence-electron chi connectivity index (χ2n) is 4.83. The fourth-order valence-corrected chi connectivity index (χ4v) is 2.37. The first-order valence-corrected chi connectivity index (χ1v) is 6.67. The highest BCUT2D eigenvalue weighted by atomic mass is 32.1. The maximum Gasteiger partial charge on any atom is 0.254 e. The molecule has 1 aromatic rings. The number of benzene rings is 1. The number of aryl methyl sites for hydroxylation is 2. The van der Waals surface area contributed by atoms with Gasteiger partial charge in [-0.15, -0.1) is 0 Å². The monoisotopic (exact) mass is 278 g/mol. The van der Waals surface area contributed by atoms with Gasteiger partial charge in [-0.3, -0.25) is 4.79 Å². The molecular formula is C14H18N2O2S. The van der Waals surface area contributed by atoms with E-state index in [4.69, 9.17) is 22.7 Å². The molecule has 0 aliphatic carbocycles. The number of ether oxygens (including phenoxy) is 1. The number of morpholine rings is 1. The predicted octanol–water partition coefficient (Wildman–Crippen LogP) is 1.43. The van der Waals surface area contributed by atoms with E-state index in [0.29, 0.717) is 24.7 Å². The molecule has 1 aliphatic heterocycles. The smallest absolute Gasteiger partial charge is 0.254 e. The standard InChI is InChI=1S/C14H18N2O2S/c1-9-3-4-11(10(2)7-9)14(17)16-5-6-18-12(8-16)13(15)19/h3-4,7,12H,5-6,8H2,1-2H3,(H2,15,19). The quantitative estimate of drug-likeness (QED) is 0.832. The molecule has 0 radical (unpaired) electrons. The molecule has 1 aromatic carbocycles. The van der Waals surface area contributed by atoms with Gasteiger partial charge in [0.05, 0.1) is 13.2 Å². The first-order chi connectivity index (χ1) is 8.99. The van der Waals surface area contributed by atoms with Crippen LogP contribution in [0.4, 0.5) is 0 Å². The third-order valence-electron chi connectivity index (χ3n) is 3.28. The van der Waals surface area contributed by atoms with Crippen molar-refractivity contribution in [2.45, 2.75) is 20.0 Å². The van der Waals surface area contributed by atoms with Crippen LogP contribution in [-0.2, 0) is 4.74 Å². The Labute approximate surface area is 118 Å². The van der Waals surface area contributed by atoms with Crippen molar-refractivity contribution in [2.24, 2.45) is 5.73 Å². The second kappa shape index (κ2) is 5.67. The fraction of sp³-hybridized carbons (Fsp3) is 0.429. The lowest BCUT2D eigenvalue weighted by molar-refractivity contribution is 0.00875. The zero-order valence-corrected chi connectivity index (χ0v) is 12.0. The predicted molar refractivity (Wildman–Crippen MR) is 78.3 cm³/mol. The van der Waals surface area contributed by atoms with Crippen LogP contribution in [0.3, 0.4) is 0 Å². The summed E-state index contributed by atoms with van der Waals surface area (Å²) >= 11 is 4.93. The highest BCUT2D eigenvalue weighted by Crippen LogP contribution is 2.15. The van der Waals surface area contributed by atoms with Gasteiger partial charge in [-0.2, -0.15) is 0 Å². The molecule has 5 heteroatoms. The summed E-state index contributed by atoms with van der Waals surface area (Å²) in [4.78, 5) is 14.5. The number of nitrogens with two attached hydrogens (primary N) is 1. The summed E-state index contributed by atoms with van der Waals surface area (Å²) in [5.74, 6) is 0.0158. The van der Waals surface area contributed by atoms with E-state index in [-0.39, 0.29) is 12.0 Å². The van der Waals surface area contributed by atoms with Gasteiger partial charge in [-0.1, -0.05) is 29.9 Å². The maximum absolute atomic E-state index is 12.5. The SMILES string of the molecule is Cc1ccc(C(=O)N2CCOC(C(N)=S)C2)c(C)c1. The minimum Gasteiger partial charge on any atom is -0.391 e. The van der Waals surface area contributed by atoms with Gasteiger partial charge in [0.25, 0.3) is 5.91 Å². The molecule has 1 amide bonds. The van der Waals surface area contributed by atoms with Gasteiger partial charge in [0.2, 0.25) is 0 Å². The van der Waals surface area contributed by atoms with Crippen molar-refractivity contribution >= 4 is 23.1 Å². The number of rotatable bonds is 2. The summed E-state index contributed by atoms with van der Waals surface area (Å²) in [6.07, 6.45) is -0.335. The first kappa shape index (κ1) is 14.0. The first-order valence-electron chi connectivity index (χ1n) is 6.26. The molecule has 1 unspecified atom stereocenters. The average Bonchev–Trinajstić information content (AvgIpc) is 2.38. The van der Waals surface area contributed by atoms with Gasteiger partial charge in [-0.25, -0.2) is 0 Å². The number of amides is 1. The summed E-state index contributed by atoms with van der Waals surface area (Å²) in [6.45, 7) is 5.44. The summed E-state index contributed by atoms with van der Waals surface area (Å²) in [5, 5.41) is 0. The minimum absolute atomic E-state index is 0.0158. The Balaban J connectivity index is 2.17. The van der Waals surface area contributed by atoms with Crippen LogP contribution < -0.4 is 5.73 Å². The molecule has 0 spiro atoms. The molecule has 1 atom stereocenters. The van der Waals surface area contributed by atoms with Crippen LogP contribution in [0, 0.1) is 13.8 Å². The van der Waals surface area contributed by atoms with Crippen LogP contribution in [0.1, 0.15) is 21.5 Å². The molecule has 0 bridgehead atoms. The largest absolute Gasteiger partial charge is 0.391 e. The molecule has 1 heterocycles. The van der Waals surface area contributed by atoms with Crippen molar-refractivity contribution in [3.63, 3.8) is 0 Å². The summed E-state index contributed by atoms with van der Waals surface area (Å²) in [6, 6.07) is 5.84. The lowest BCUT2D eigenvalue weighted by atomic mass is 10.0. The van der Waals surface area contributed by atoms with Gasteiger partial charge < -0.3 is 15.4 Å². The van der Waals surface area contributed by atoms with Crippen molar-refractivity contribution < 1.29 is 9.53 Å².